The predicted molar refractivity (Wildman–Crippen MR) is 279 cm³/mol. The molecule has 0 fully saturated rings. The second-order valence-corrected chi connectivity index (χ2v) is 16.1. The van der Waals surface area contributed by atoms with Crippen molar-refractivity contribution < 1.29 is 28.6 Å². The normalized spacial score (nSPS) is 13.3. The van der Waals surface area contributed by atoms with Gasteiger partial charge in [0.2, 0.25) is 0 Å². The van der Waals surface area contributed by atoms with Gasteiger partial charge in [0.15, 0.2) is 6.10 Å². The summed E-state index contributed by atoms with van der Waals surface area (Å²) in [7, 11) is 0. The first-order chi connectivity index (χ1) is 32.0. The molecule has 0 aliphatic rings. The molecule has 0 radical (unpaired) electrons. The first-order valence-electron chi connectivity index (χ1n) is 25.4. The number of carbonyl (C=O) groups is 3. The van der Waals surface area contributed by atoms with Crippen LogP contribution in [-0.2, 0) is 28.6 Å². The lowest BCUT2D eigenvalue weighted by molar-refractivity contribution is -0.167. The number of unbranched alkanes of at least 4 members (excludes halogenated alkanes) is 13. The Labute approximate surface area is 397 Å². The predicted octanol–water partition coefficient (Wildman–Crippen LogP) is 16.9. The second-order valence-electron chi connectivity index (χ2n) is 16.1. The Morgan fingerprint density at radius 3 is 1.09 bits per heavy atom. The molecule has 0 bridgehead atoms. The van der Waals surface area contributed by atoms with Gasteiger partial charge in [-0.05, 0) is 96.3 Å². The van der Waals surface area contributed by atoms with Crippen LogP contribution in [0.25, 0.3) is 0 Å². The van der Waals surface area contributed by atoms with E-state index < -0.39 is 6.10 Å². The van der Waals surface area contributed by atoms with Gasteiger partial charge in [-0.3, -0.25) is 14.4 Å². The third kappa shape index (κ3) is 50.2. The quantitative estimate of drug-likeness (QED) is 0.0199. The van der Waals surface area contributed by atoms with Crippen molar-refractivity contribution in [2.75, 3.05) is 13.2 Å². The van der Waals surface area contributed by atoms with Crippen LogP contribution >= 0.6 is 0 Å². The van der Waals surface area contributed by atoms with Crippen molar-refractivity contribution in [3.05, 3.63) is 146 Å². The minimum atomic E-state index is -0.825. The van der Waals surface area contributed by atoms with Gasteiger partial charge >= 0.3 is 17.9 Å². The summed E-state index contributed by atoms with van der Waals surface area (Å²) < 4.78 is 16.7. The number of allylic oxidation sites excluding steroid dienone is 24. The lowest BCUT2D eigenvalue weighted by atomic mass is 10.1. The molecule has 0 rings (SSSR count). The average Bonchev–Trinajstić information content (AvgIpc) is 3.30. The fraction of sp³-hybridized carbons (Fsp3) is 0.542. The molecule has 0 heterocycles. The van der Waals surface area contributed by atoms with Crippen LogP contribution in [0.5, 0.6) is 0 Å². The van der Waals surface area contributed by atoms with Crippen molar-refractivity contribution in [2.45, 2.75) is 194 Å². The largest absolute Gasteiger partial charge is 0.462 e. The van der Waals surface area contributed by atoms with Gasteiger partial charge in [-0.25, -0.2) is 0 Å². The molecule has 65 heavy (non-hydrogen) atoms. The van der Waals surface area contributed by atoms with E-state index in [9.17, 15) is 14.4 Å². The number of hydrogen-bond acceptors (Lipinski definition) is 6. The Kier molecular flexibility index (Phi) is 48.2. The van der Waals surface area contributed by atoms with Crippen molar-refractivity contribution in [1.29, 1.82) is 0 Å². The van der Waals surface area contributed by atoms with Crippen LogP contribution in [0.2, 0.25) is 0 Å². The van der Waals surface area contributed by atoms with Crippen LogP contribution in [0.15, 0.2) is 146 Å². The third-order valence-electron chi connectivity index (χ3n) is 9.98. The van der Waals surface area contributed by atoms with Gasteiger partial charge in [0.05, 0.1) is 0 Å². The molecule has 0 spiro atoms. The summed E-state index contributed by atoms with van der Waals surface area (Å²) in [6, 6.07) is 0. The van der Waals surface area contributed by atoms with Gasteiger partial charge in [0.1, 0.15) is 13.2 Å². The van der Waals surface area contributed by atoms with Gasteiger partial charge in [-0.1, -0.05) is 218 Å². The molecule has 0 aliphatic heterocycles. The van der Waals surface area contributed by atoms with E-state index >= 15 is 0 Å². The summed E-state index contributed by atoms with van der Waals surface area (Å²) >= 11 is 0. The maximum Gasteiger partial charge on any atom is 0.306 e. The Bertz CT molecular complexity index is 1490. The zero-order chi connectivity index (χ0) is 47.2. The Balaban J connectivity index is 4.58. The molecule has 0 N–H and O–H groups in total. The van der Waals surface area contributed by atoms with E-state index in [1.54, 1.807) is 0 Å². The zero-order valence-corrected chi connectivity index (χ0v) is 41.2. The molecule has 1 atom stereocenters. The highest BCUT2D eigenvalue weighted by Gasteiger charge is 2.19. The molecule has 0 saturated heterocycles. The molecule has 0 aromatic carbocycles. The van der Waals surface area contributed by atoms with Gasteiger partial charge < -0.3 is 14.2 Å². The van der Waals surface area contributed by atoms with Crippen LogP contribution in [0.1, 0.15) is 188 Å². The van der Waals surface area contributed by atoms with E-state index in [4.69, 9.17) is 14.2 Å². The summed E-state index contributed by atoms with van der Waals surface area (Å²) in [5, 5.41) is 0. The lowest BCUT2D eigenvalue weighted by Crippen LogP contribution is -2.30. The SMILES string of the molecule is CC\C=C/C=C\C=C/C=C\CCCCCCCC(=O)OC(COC(=O)CCC/C=C\C/C=C\C/C=C\C/C=C\C/C=C\CC)COC(=O)CCCCCCCCC\C=C/C=C\C=C/CC. The number of hydrogen-bond donors (Lipinski definition) is 0. The van der Waals surface area contributed by atoms with Crippen molar-refractivity contribution in [2.24, 2.45) is 0 Å². The molecule has 6 nitrogen and oxygen atoms in total. The van der Waals surface area contributed by atoms with E-state index in [0.29, 0.717) is 12.8 Å². The molecule has 6 heteroatoms. The Morgan fingerprint density at radius 2 is 0.646 bits per heavy atom. The van der Waals surface area contributed by atoms with E-state index in [-0.39, 0.29) is 44.0 Å². The second kappa shape index (κ2) is 51.9. The van der Waals surface area contributed by atoms with E-state index in [0.717, 1.165) is 122 Å². The highest BCUT2D eigenvalue weighted by atomic mass is 16.6. The van der Waals surface area contributed by atoms with Crippen LogP contribution < -0.4 is 0 Å². The van der Waals surface area contributed by atoms with Gasteiger partial charge in [-0.15, -0.1) is 0 Å². The van der Waals surface area contributed by atoms with Crippen LogP contribution in [0.4, 0.5) is 0 Å². The molecule has 0 aliphatic carbocycles. The molecule has 0 aromatic rings. The van der Waals surface area contributed by atoms with Crippen LogP contribution in [0.3, 0.4) is 0 Å². The molecular weight excluding hydrogens is 805 g/mol. The third-order valence-corrected chi connectivity index (χ3v) is 9.98. The van der Waals surface area contributed by atoms with Crippen LogP contribution in [-0.4, -0.2) is 37.2 Å². The van der Waals surface area contributed by atoms with Gasteiger partial charge in [-0.2, -0.15) is 0 Å². The molecule has 1 unspecified atom stereocenters. The maximum absolute atomic E-state index is 12.8. The minimum Gasteiger partial charge on any atom is -0.462 e. The monoisotopic (exact) mass is 895 g/mol. The van der Waals surface area contributed by atoms with E-state index in [2.05, 4.69) is 142 Å². The van der Waals surface area contributed by atoms with Crippen molar-refractivity contribution in [3.8, 4) is 0 Å². The number of rotatable bonds is 43. The Morgan fingerprint density at radius 1 is 0.323 bits per heavy atom. The van der Waals surface area contributed by atoms with Gasteiger partial charge in [0, 0.05) is 19.3 Å². The fourth-order valence-corrected chi connectivity index (χ4v) is 6.25. The lowest BCUT2D eigenvalue weighted by Gasteiger charge is -2.18. The highest BCUT2D eigenvalue weighted by Crippen LogP contribution is 2.13. The molecular formula is C59H90O6. The molecule has 0 amide bonds. The number of carbonyl (C=O) groups excluding carboxylic acids is 3. The minimum absolute atomic E-state index is 0.119. The molecule has 0 saturated carbocycles. The van der Waals surface area contributed by atoms with E-state index in [1.807, 2.05) is 24.3 Å². The molecule has 362 valence electrons. The first kappa shape index (κ1) is 60.3. The summed E-state index contributed by atoms with van der Waals surface area (Å²) in [5.74, 6) is -1.03. The maximum atomic E-state index is 12.8. The fourth-order valence-electron chi connectivity index (χ4n) is 6.25. The van der Waals surface area contributed by atoms with E-state index in [1.165, 1.54) is 19.3 Å². The number of ether oxygens (including phenoxy) is 3. The van der Waals surface area contributed by atoms with Crippen molar-refractivity contribution >= 4 is 17.9 Å². The average molecular weight is 895 g/mol. The summed E-state index contributed by atoms with van der Waals surface area (Å²) in [6.07, 6.45) is 74.0. The summed E-state index contributed by atoms with van der Waals surface area (Å²) in [5.41, 5.74) is 0. The summed E-state index contributed by atoms with van der Waals surface area (Å²) in [6.45, 7) is 6.15. The Hall–Kier alpha value is -4.71. The topological polar surface area (TPSA) is 78.9 Å². The first-order valence-corrected chi connectivity index (χ1v) is 25.4. The zero-order valence-electron chi connectivity index (χ0n) is 41.2. The standard InChI is InChI=1S/C59H90O6/c1-4-7-10-13-16-19-22-25-28-29-32-34-37-40-43-46-49-52-58(61)64-55-56(65-59(62)53-50-47-44-41-38-35-31-27-24-21-18-15-12-9-6-3)54-63-57(60)51-48-45-42-39-36-33-30-26-23-20-17-14-11-8-5-2/h7-12,14-21,23-25,27-28,31-32,34,40,43,56H,4-6,13,22,26,29-30,33,35-39,41-42,44-55H2,1-3H3/b10-7-,11-8-,12-9-,17-14-,18-15-,19-16-,23-20-,24-21-,28-25-,31-27-,34-32-,43-40-. The van der Waals surface area contributed by atoms with Gasteiger partial charge in [0.25, 0.3) is 0 Å². The smallest absolute Gasteiger partial charge is 0.306 e. The summed E-state index contributed by atoms with van der Waals surface area (Å²) in [4.78, 5) is 38.0. The van der Waals surface area contributed by atoms with Crippen LogP contribution in [0, 0.1) is 0 Å². The number of esters is 3. The van der Waals surface area contributed by atoms with Crippen molar-refractivity contribution in [1.82, 2.24) is 0 Å². The van der Waals surface area contributed by atoms with Crippen molar-refractivity contribution in [3.63, 3.8) is 0 Å². The molecule has 0 aromatic heterocycles. The highest BCUT2D eigenvalue weighted by molar-refractivity contribution is 5.71.